The van der Waals surface area contributed by atoms with Crippen LogP contribution in [-0.2, 0) is 14.6 Å². The van der Waals surface area contributed by atoms with Crippen molar-refractivity contribution in [3.63, 3.8) is 0 Å². The zero-order valence-corrected chi connectivity index (χ0v) is 18.0. The lowest BCUT2D eigenvalue weighted by Gasteiger charge is -2.26. The molecule has 0 unspecified atom stereocenters. The van der Waals surface area contributed by atoms with Crippen molar-refractivity contribution in [1.82, 2.24) is 0 Å². The van der Waals surface area contributed by atoms with Gasteiger partial charge < -0.3 is 10.2 Å². The molecule has 2 aromatic rings. The molecule has 29 heavy (non-hydrogen) atoms. The van der Waals surface area contributed by atoms with Gasteiger partial charge in [-0.05, 0) is 43.2 Å². The van der Waals surface area contributed by atoms with Gasteiger partial charge in [-0.2, -0.15) is 0 Å². The molecular weight excluding hydrogens is 406 g/mol. The fraction of sp³-hybridized carbons (Fsp3) is 0.333. The highest BCUT2D eigenvalue weighted by molar-refractivity contribution is 8.14. The zero-order valence-electron chi connectivity index (χ0n) is 16.3. The smallest absolute Gasteiger partial charge is 0.234 e. The van der Waals surface area contributed by atoms with E-state index >= 15 is 0 Å². The first-order chi connectivity index (χ1) is 13.8. The minimum atomic E-state index is -3.09. The molecule has 2 aromatic carbocycles. The van der Waals surface area contributed by atoms with Crippen LogP contribution in [0.5, 0.6) is 0 Å². The van der Waals surface area contributed by atoms with Gasteiger partial charge in [0.25, 0.3) is 0 Å². The summed E-state index contributed by atoms with van der Waals surface area (Å²) in [7, 11) is -3.09. The number of carbonyl (C=O) groups is 1. The molecule has 0 radical (unpaired) electrons. The molecule has 0 spiro atoms. The number of para-hydroxylation sites is 1. The van der Waals surface area contributed by atoms with E-state index in [1.54, 1.807) is 0 Å². The quantitative estimate of drug-likeness (QED) is 0.808. The molecule has 2 heterocycles. The third-order valence-electron chi connectivity index (χ3n) is 5.14. The van der Waals surface area contributed by atoms with E-state index in [0.29, 0.717) is 5.17 Å². The first kappa shape index (κ1) is 20.0. The molecule has 1 saturated heterocycles. The van der Waals surface area contributed by atoms with Gasteiger partial charge in [-0.3, -0.25) is 9.79 Å². The number of fused-ring (bicyclic) bond motifs is 1. The lowest BCUT2D eigenvalue weighted by atomic mass is 10.1. The summed E-state index contributed by atoms with van der Waals surface area (Å²) in [6, 6.07) is 15.1. The number of carbonyl (C=O) groups excluding carboxylic acids is 1. The lowest BCUT2D eigenvalue weighted by molar-refractivity contribution is -0.113. The van der Waals surface area contributed by atoms with Gasteiger partial charge in [0.05, 0.1) is 29.3 Å². The van der Waals surface area contributed by atoms with Gasteiger partial charge in [0.2, 0.25) is 5.91 Å². The Morgan fingerprint density at radius 2 is 1.93 bits per heavy atom. The van der Waals surface area contributed by atoms with Crippen LogP contribution in [0.15, 0.2) is 53.5 Å². The topological polar surface area (TPSA) is 78.8 Å². The van der Waals surface area contributed by atoms with E-state index < -0.39 is 9.84 Å². The second kappa shape index (κ2) is 7.84. The summed E-state index contributed by atoms with van der Waals surface area (Å²) in [5.41, 5.74) is 3.81. The number of hydrogen-bond donors (Lipinski definition) is 1. The molecule has 6 nitrogen and oxygen atoms in total. The number of amides is 1. The third-order valence-corrected chi connectivity index (χ3v) is 7.81. The van der Waals surface area contributed by atoms with Gasteiger partial charge in [0.1, 0.15) is 0 Å². The highest BCUT2D eigenvalue weighted by atomic mass is 32.2. The molecule has 1 N–H and O–H groups in total. The summed E-state index contributed by atoms with van der Waals surface area (Å²) in [5.74, 6) is 0.264. The van der Waals surface area contributed by atoms with E-state index in [9.17, 15) is 13.2 Å². The van der Waals surface area contributed by atoms with E-state index in [-0.39, 0.29) is 35.2 Å². The second-order valence-electron chi connectivity index (χ2n) is 7.48. The van der Waals surface area contributed by atoms with Gasteiger partial charge in [0.15, 0.2) is 15.0 Å². The molecule has 2 aliphatic rings. The van der Waals surface area contributed by atoms with Crippen LogP contribution in [0.4, 0.5) is 11.4 Å². The standard InChI is InChI=1S/C21H23N3O3S2/c1-14-8-9-15(2)17(10-14)22-20(25)11-28-21-23-18-12-29(26,27)13-19(18)24(21)16-6-4-3-5-7-16/h3-10,18-19H,11-13H2,1-2H3,(H,22,25)/t18-,19+/m0/s1. The SMILES string of the molecule is Cc1ccc(C)c(NC(=O)CSC2=N[C@H]3CS(=O)(=O)C[C@H]3N2c2ccccc2)c1. The Morgan fingerprint density at radius 1 is 1.17 bits per heavy atom. The number of hydrogen-bond acceptors (Lipinski definition) is 6. The van der Waals surface area contributed by atoms with E-state index in [1.807, 2.05) is 67.3 Å². The Bertz CT molecular complexity index is 1070. The summed E-state index contributed by atoms with van der Waals surface area (Å²) < 4.78 is 24.2. The maximum absolute atomic E-state index is 12.5. The number of nitrogens with zero attached hydrogens (tertiary/aromatic N) is 2. The Hall–Kier alpha value is -2.32. The Labute approximate surface area is 175 Å². The van der Waals surface area contributed by atoms with Crippen LogP contribution in [0, 0.1) is 13.8 Å². The molecule has 2 atom stereocenters. The first-order valence-corrected chi connectivity index (χ1v) is 12.3. The molecule has 4 rings (SSSR count). The highest BCUT2D eigenvalue weighted by Gasteiger charge is 2.47. The molecule has 152 valence electrons. The van der Waals surface area contributed by atoms with Gasteiger partial charge >= 0.3 is 0 Å². The minimum Gasteiger partial charge on any atom is -0.325 e. The fourth-order valence-electron chi connectivity index (χ4n) is 3.71. The van der Waals surface area contributed by atoms with Crippen molar-refractivity contribution in [3.05, 3.63) is 59.7 Å². The number of benzene rings is 2. The average Bonchev–Trinajstić information content (AvgIpc) is 3.14. The predicted molar refractivity (Wildman–Crippen MR) is 120 cm³/mol. The highest BCUT2D eigenvalue weighted by Crippen LogP contribution is 2.35. The summed E-state index contributed by atoms with van der Waals surface area (Å²) in [6.07, 6.45) is 0. The van der Waals surface area contributed by atoms with Crippen LogP contribution < -0.4 is 10.2 Å². The molecule has 0 saturated carbocycles. The van der Waals surface area contributed by atoms with Crippen molar-refractivity contribution >= 4 is 44.0 Å². The van der Waals surface area contributed by atoms with Crippen LogP contribution in [0.25, 0.3) is 0 Å². The number of thioether (sulfide) groups is 1. The molecule has 1 fully saturated rings. The summed E-state index contributed by atoms with van der Waals surface area (Å²) >= 11 is 1.35. The normalized spacial score (nSPS) is 22.3. The maximum Gasteiger partial charge on any atom is 0.234 e. The monoisotopic (exact) mass is 429 g/mol. The van der Waals surface area contributed by atoms with Gasteiger partial charge in [0, 0.05) is 11.4 Å². The molecule has 0 aromatic heterocycles. The molecule has 1 amide bonds. The summed E-state index contributed by atoms with van der Waals surface area (Å²) in [6.45, 7) is 3.95. The minimum absolute atomic E-state index is 0.0692. The maximum atomic E-state index is 12.5. The van der Waals surface area contributed by atoms with E-state index in [4.69, 9.17) is 0 Å². The van der Waals surface area contributed by atoms with Crippen LogP contribution in [-0.4, -0.2) is 48.8 Å². The Balaban J connectivity index is 1.49. The van der Waals surface area contributed by atoms with Gasteiger partial charge in [-0.1, -0.05) is 42.1 Å². The van der Waals surface area contributed by atoms with Crippen molar-refractivity contribution in [1.29, 1.82) is 0 Å². The Kier molecular flexibility index (Phi) is 5.40. The van der Waals surface area contributed by atoms with E-state index in [0.717, 1.165) is 22.5 Å². The second-order valence-corrected chi connectivity index (χ2v) is 10.6. The van der Waals surface area contributed by atoms with Crippen molar-refractivity contribution in [2.24, 2.45) is 4.99 Å². The van der Waals surface area contributed by atoms with E-state index in [2.05, 4.69) is 10.3 Å². The summed E-state index contributed by atoms with van der Waals surface area (Å²) in [4.78, 5) is 19.2. The Morgan fingerprint density at radius 3 is 2.69 bits per heavy atom. The number of aryl methyl sites for hydroxylation is 2. The van der Waals surface area contributed by atoms with Crippen molar-refractivity contribution < 1.29 is 13.2 Å². The van der Waals surface area contributed by atoms with Crippen molar-refractivity contribution in [2.45, 2.75) is 25.9 Å². The number of rotatable bonds is 4. The lowest BCUT2D eigenvalue weighted by Crippen LogP contribution is -2.39. The van der Waals surface area contributed by atoms with Crippen LogP contribution in [0.3, 0.4) is 0 Å². The molecule has 8 heteroatoms. The first-order valence-electron chi connectivity index (χ1n) is 9.45. The van der Waals surface area contributed by atoms with Crippen molar-refractivity contribution in [2.75, 3.05) is 27.5 Å². The fourth-order valence-corrected chi connectivity index (χ4v) is 6.48. The predicted octanol–water partition coefficient (Wildman–Crippen LogP) is 3.02. The van der Waals surface area contributed by atoms with Crippen LogP contribution in [0.1, 0.15) is 11.1 Å². The molecule has 2 aliphatic heterocycles. The number of amidine groups is 1. The number of sulfone groups is 1. The average molecular weight is 430 g/mol. The summed E-state index contributed by atoms with van der Waals surface area (Å²) in [5, 5.41) is 3.67. The number of aliphatic imine (C=N–C) groups is 1. The molecule has 0 bridgehead atoms. The van der Waals surface area contributed by atoms with Gasteiger partial charge in [-0.15, -0.1) is 0 Å². The van der Waals surface area contributed by atoms with Crippen LogP contribution in [0.2, 0.25) is 0 Å². The third kappa shape index (κ3) is 4.33. The van der Waals surface area contributed by atoms with E-state index in [1.165, 1.54) is 11.8 Å². The molecular formula is C21H23N3O3S2. The largest absolute Gasteiger partial charge is 0.325 e. The van der Waals surface area contributed by atoms with Gasteiger partial charge in [-0.25, -0.2) is 8.42 Å². The van der Waals surface area contributed by atoms with Crippen LogP contribution >= 0.6 is 11.8 Å². The number of anilines is 2. The molecule has 0 aliphatic carbocycles. The van der Waals surface area contributed by atoms with Crippen molar-refractivity contribution in [3.8, 4) is 0 Å². The zero-order chi connectivity index (χ0) is 20.6. The number of nitrogens with one attached hydrogen (secondary N) is 1.